The SMILES string of the molecule is C=C(C)C1CC(C)C(O)C(C)=C1C. The molecule has 1 aliphatic carbocycles. The second-order valence-corrected chi connectivity index (χ2v) is 4.42. The van der Waals surface area contributed by atoms with Crippen LogP contribution in [0.25, 0.3) is 0 Å². The van der Waals surface area contributed by atoms with Crippen LogP contribution in [-0.2, 0) is 0 Å². The van der Waals surface area contributed by atoms with Crippen molar-refractivity contribution in [3.63, 3.8) is 0 Å². The van der Waals surface area contributed by atoms with Gasteiger partial charge in [0.2, 0.25) is 0 Å². The van der Waals surface area contributed by atoms with Crippen molar-refractivity contribution in [2.75, 3.05) is 0 Å². The molecule has 1 nitrogen and oxygen atoms in total. The molecular weight excluding hydrogens is 160 g/mol. The molecule has 1 aliphatic rings. The van der Waals surface area contributed by atoms with Gasteiger partial charge in [-0.05, 0) is 38.7 Å². The predicted molar refractivity (Wildman–Crippen MR) is 56.5 cm³/mol. The maximum atomic E-state index is 9.83. The molecule has 0 saturated carbocycles. The van der Waals surface area contributed by atoms with Crippen LogP contribution in [0.4, 0.5) is 0 Å². The minimum Gasteiger partial charge on any atom is -0.388 e. The molecule has 0 fully saturated rings. The van der Waals surface area contributed by atoms with E-state index in [0.29, 0.717) is 11.8 Å². The zero-order valence-corrected chi connectivity index (χ0v) is 9.09. The highest BCUT2D eigenvalue weighted by molar-refractivity contribution is 5.27. The fourth-order valence-corrected chi connectivity index (χ4v) is 2.18. The fourth-order valence-electron chi connectivity index (χ4n) is 2.18. The summed E-state index contributed by atoms with van der Waals surface area (Å²) in [6, 6.07) is 0. The third-order valence-corrected chi connectivity index (χ3v) is 3.33. The summed E-state index contributed by atoms with van der Waals surface area (Å²) >= 11 is 0. The summed E-state index contributed by atoms with van der Waals surface area (Å²) in [5.41, 5.74) is 3.68. The Morgan fingerprint density at radius 3 is 2.38 bits per heavy atom. The number of hydrogen-bond donors (Lipinski definition) is 1. The molecule has 13 heavy (non-hydrogen) atoms. The van der Waals surface area contributed by atoms with Gasteiger partial charge in [-0.2, -0.15) is 0 Å². The van der Waals surface area contributed by atoms with E-state index in [1.54, 1.807) is 0 Å². The highest BCUT2D eigenvalue weighted by atomic mass is 16.3. The molecule has 0 aromatic rings. The zero-order valence-electron chi connectivity index (χ0n) is 9.09. The van der Waals surface area contributed by atoms with Gasteiger partial charge in [-0.25, -0.2) is 0 Å². The average Bonchev–Trinajstić information content (AvgIpc) is 2.07. The molecule has 1 heteroatoms. The number of aliphatic hydroxyl groups is 1. The Morgan fingerprint density at radius 1 is 1.38 bits per heavy atom. The third-order valence-electron chi connectivity index (χ3n) is 3.33. The van der Waals surface area contributed by atoms with Crippen molar-refractivity contribution >= 4 is 0 Å². The number of rotatable bonds is 1. The predicted octanol–water partition coefficient (Wildman–Crippen LogP) is 2.92. The molecule has 74 valence electrons. The van der Waals surface area contributed by atoms with Crippen molar-refractivity contribution in [1.82, 2.24) is 0 Å². The van der Waals surface area contributed by atoms with E-state index in [1.807, 2.05) is 6.92 Å². The van der Waals surface area contributed by atoms with Crippen LogP contribution in [0.15, 0.2) is 23.3 Å². The van der Waals surface area contributed by atoms with E-state index in [0.717, 1.165) is 12.0 Å². The lowest BCUT2D eigenvalue weighted by molar-refractivity contribution is 0.127. The maximum Gasteiger partial charge on any atom is 0.0775 e. The molecule has 1 rings (SSSR count). The minimum absolute atomic E-state index is 0.240. The van der Waals surface area contributed by atoms with Crippen LogP contribution in [0.3, 0.4) is 0 Å². The summed E-state index contributed by atoms with van der Waals surface area (Å²) in [6.07, 6.45) is 0.801. The molecule has 0 aliphatic heterocycles. The summed E-state index contributed by atoms with van der Waals surface area (Å²) in [5, 5.41) is 9.83. The fraction of sp³-hybridized carbons (Fsp3) is 0.667. The highest BCUT2D eigenvalue weighted by Crippen LogP contribution is 2.36. The first-order valence-corrected chi connectivity index (χ1v) is 4.95. The van der Waals surface area contributed by atoms with Gasteiger partial charge in [0.15, 0.2) is 0 Å². The molecular formula is C12H20O. The van der Waals surface area contributed by atoms with Gasteiger partial charge in [-0.1, -0.05) is 24.6 Å². The molecule has 0 aromatic heterocycles. The van der Waals surface area contributed by atoms with Gasteiger partial charge < -0.3 is 5.11 Å². The average molecular weight is 180 g/mol. The van der Waals surface area contributed by atoms with Crippen molar-refractivity contribution in [2.24, 2.45) is 11.8 Å². The summed E-state index contributed by atoms with van der Waals surface area (Å²) in [6.45, 7) is 12.3. The first kappa shape index (κ1) is 10.5. The van der Waals surface area contributed by atoms with Crippen LogP contribution in [0, 0.1) is 11.8 Å². The van der Waals surface area contributed by atoms with Crippen LogP contribution in [0.2, 0.25) is 0 Å². The second kappa shape index (κ2) is 3.67. The van der Waals surface area contributed by atoms with E-state index >= 15 is 0 Å². The Bertz CT molecular complexity index is 250. The third kappa shape index (κ3) is 1.86. The molecule has 0 amide bonds. The van der Waals surface area contributed by atoms with Crippen LogP contribution in [-0.4, -0.2) is 11.2 Å². The van der Waals surface area contributed by atoms with E-state index in [-0.39, 0.29) is 6.10 Å². The number of hydrogen-bond acceptors (Lipinski definition) is 1. The van der Waals surface area contributed by atoms with E-state index in [1.165, 1.54) is 11.1 Å². The van der Waals surface area contributed by atoms with Crippen LogP contribution in [0.5, 0.6) is 0 Å². The monoisotopic (exact) mass is 180 g/mol. The van der Waals surface area contributed by atoms with E-state index in [9.17, 15) is 5.11 Å². The Labute approximate surface area is 81.2 Å². The van der Waals surface area contributed by atoms with Crippen LogP contribution in [0.1, 0.15) is 34.1 Å². The van der Waals surface area contributed by atoms with Crippen molar-refractivity contribution in [2.45, 2.75) is 40.2 Å². The lowest BCUT2D eigenvalue weighted by Crippen LogP contribution is -2.29. The maximum absolute atomic E-state index is 9.83. The largest absolute Gasteiger partial charge is 0.388 e. The van der Waals surface area contributed by atoms with Crippen molar-refractivity contribution in [3.05, 3.63) is 23.3 Å². The molecule has 1 N–H and O–H groups in total. The standard InChI is InChI=1S/C12H20O/c1-7(2)11-6-8(3)12(13)10(5)9(11)4/h8,11-13H,1,6H2,2-5H3. The lowest BCUT2D eigenvalue weighted by atomic mass is 9.74. The molecule has 0 saturated heterocycles. The summed E-state index contributed by atoms with van der Waals surface area (Å²) in [7, 11) is 0. The molecule has 0 aromatic carbocycles. The lowest BCUT2D eigenvalue weighted by Gasteiger charge is -2.34. The van der Waals surface area contributed by atoms with Gasteiger partial charge >= 0.3 is 0 Å². The highest BCUT2D eigenvalue weighted by Gasteiger charge is 2.29. The quantitative estimate of drug-likeness (QED) is 0.615. The van der Waals surface area contributed by atoms with Gasteiger partial charge in [0, 0.05) is 5.92 Å². The van der Waals surface area contributed by atoms with Gasteiger partial charge in [-0.15, -0.1) is 0 Å². The molecule has 0 radical (unpaired) electrons. The Kier molecular flexibility index (Phi) is 2.97. The van der Waals surface area contributed by atoms with E-state index in [4.69, 9.17) is 0 Å². The Morgan fingerprint density at radius 2 is 1.92 bits per heavy atom. The molecule has 3 atom stereocenters. The van der Waals surface area contributed by atoms with Crippen molar-refractivity contribution in [1.29, 1.82) is 0 Å². The summed E-state index contributed by atoms with van der Waals surface area (Å²) < 4.78 is 0. The minimum atomic E-state index is -0.240. The van der Waals surface area contributed by atoms with Gasteiger partial charge in [0.05, 0.1) is 6.10 Å². The van der Waals surface area contributed by atoms with Crippen LogP contribution < -0.4 is 0 Å². The topological polar surface area (TPSA) is 20.2 Å². The van der Waals surface area contributed by atoms with Gasteiger partial charge in [0.25, 0.3) is 0 Å². The zero-order chi connectivity index (χ0) is 10.2. The van der Waals surface area contributed by atoms with Crippen molar-refractivity contribution in [3.8, 4) is 0 Å². The summed E-state index contributed by atoms with van der Waals surface area (Å²) in [5.74, 6) is 0.851. The normalized spacial score (nSPS) is 35.0. The molecule has 3 unspecified atom stereocenters. The van der Waals surface area contributed by atoms with E-state index in [2.05, 4.69) is 27.4 Å². The number of aliphatic hydroxyl groups excluding tert-OH is 1. The first-order valence-electron chi connectivity index (χ1n) is 4.95. The molecule has 0 bridgehead atoms. The first-order chi connectivity index (χ1) is 5.95. The van der Waals surface area contributed by atoms with Gasteiger partial charge in [0.1, 0.15) is 0 Å². The smallest absolute Gasteiger partial charge is 0.0775 e. The second-order valence-electron chi connectivity index (χ2n) is 4.42. The molecule has 0 heterocycles. The van der Waals surface area contributed by atoms with Crippen molar-refractivity contribution < 1.29 is 5.11 Å². The van der Waals surface area contributed by atoms with Crippen LogP contribution >= 0.6 is 0 Å². The number of allylic oxidation sites excluding steroid dienone is 2. The van der Waals surface area contributed by atoms with Gasteiger partial charge in [-0.3, -0.25) is 0 Å². The van der Waals surface area contributed by atoms with E-state index < -0.39 is 0 Å². The molecule has 0 spiro atoms. The summed E-state index contributed by atoms with van der Waals surface area (Å²) in [4.78, 5) is 0. The Hall–Kier alpha value is -0.560. The Balaban J connectivity index is 2.99.